The Morgan fingerprint density at radius 2 is 2.16 bits per heavy atom. The molecule has 0 bridgehead atoms. The fraction of sp³-hybridized carbons (Fsp3) is 0.632. The summed E-state index contributed by atoms with van der Waals surface area (Å²) in [5.74, 6) is 1.66. The molecule has 0 radical (unpaired) electrons. The minimum absolute atomic E-state index is 0.133. The third-order valence-corrected chi connectivity index (χ3v) is 5.21. The van der Waals surface area contributed by atoms with Gasteiger partial charge in [-0.2, -0.15) is 0 Å². The van der Waals surface area contributed by atoms with Crippen molar-refractivity contribution in [2.45, 2.75) is 26.4 Å². The zero-order valence-electron chi connectivity index (χ0n) is 15.2. The Balaban J connectivity index is 1.53. The Morgan fingerprint density at radius 1 is 1.40 bits per heavy atom. The van der Waals surface area contributed by atoms with Gasteiger partial charge in [0.1, 0.15) is 6.61 Å². The molecule has 0 aromatic heterocycles. The van der Waals surface area contributed by atoms with Crippen molar-refractivity contribution in [3.8, 4) is 11.5 Å². The summed E-state index contributed by atoms with van der Waals surface area (Å²) in [5, 5.41) is 0. The van der Waals surface area contributed by atoms with E-state index in [1.165, 1.54) is 0 Å². The van der Waals surface area contributed by atoms with Gasteiger partial charge in [-0.05, 0) is 44.0 Å². The van der Waals surface area contributed by atoms with E-state index in [1.54, 1.807) is 0 Å². The molecule has 3 rings (SSSR count). The van der Waals surface area contributed by atoms with Gasteiger partial charge < -0.3 is 20.1 Å². The molecule has 2 unspecified atom stereocenters. The molecule has 1 aromatic rings. The Labute approximate surface area is 149 Å². The second-order valence-corrected chi connectivity index (χ2v) is 7.41. The van der Waals surface area contributed by atoms with Crippen LogP contribution in [-0.4, -0.2) is 67.7 Å². The van der Waals surface area contributed by atoms with Gasteiger partial charge in [0.25, 0.3) is 0 Å². The van der Waals surface area contributed by atoms with Crippen LogP contribution in [0.4, 0.5) is 0 Å². The van der Waals surface area contributed by atoms with Crippen LogP contribution in [-0.2, 0) is 4.79 Å². The molecule has 2 aliphatic heterocycles. The van der Waals surface area contributed by atoms with E-state index in [0.29, 0.717) is 32.8 Å². The fourth-order valence-corrected chi connectivity index (χ4v) is 3.52. The average molecular weight is 347 g/mol. The molecule has 1 fully saturated rings. The van der Waals surface area contributed by atoms with E-state index in [1.807, 2.05) is 36.1 Å². The Hall–Kier alpha value is -1.79. The maximum atomic E-state index is 12.7. The van der Waals surface area contributed by atoms with Crippen LogP contribution < -0.4 is 15.2 Å². The van der Waals surface area contributed by atoms with Crippen LogP contribution in [0.3, 0.4) is 0 Å². The van der Waals surface area contributed by atoms with Crippen molar-refractivity contribution in [3.63, 3.8) is 0 Å². The second-order valence-electron chi connectivity index (χ2n) is 7.41. The highest BCUT2D eigenvalue weighted by molar-refractivity contribution is 5.78. The molecule has 0 aliphatic carbocycles. The highest BCUT2D eigenvalue weighted by atomic mass is 16.6. The quantitative estimate of drug-likeness (QED) is 0.841. The highest BCUT2D eigenvalue weighted by Gasteiger charge is 2.34. The van der Waals surface area contributed by atoms with Crippen LogP contribution in [0.5, 0.6) is 11.5 Å². The third kappa shape index (κ3) is 4.25. The number of fused-ring (bicyclic) bond motifs is 1. The molecule has 2 atom stereocenters. The Morgan fingerprint density at radius 3 is 2.84 bits per heavy atom. The number of likely N-dealkylation sites (N-methyl/N-ethyl adjacent to an activating group) is 1. The standard InChI is InChI=1S/C19H29N3O3/c1-3-22(18(23)11-21-9-8-19(2,13-20)14-21)10-15-12-24-16-6-4-5-7-17(16)25-15/h4-7,15H,3,8-14,20H2,1-2H3. The van der Waals surface area contributed by atoms with Gasteiger partial charge in [0, 0.05) is 13.1 Å². The monoisotopic (exact) mass is 347 g/mol. The van der Waals surface area contributed by atoms with E-state index in [2.05, 4.69) is 11.8 Å². The first-order valence-corrected chi connectivity index (χ1v) is 9.11. The number of hydrogen-bond donors (Lipinski definition) is 1. The van der Waals surface area contributed by atoms with Crippen molar-refractivity contribution in [3.05, 3.63) is 24.3 Å². The smallest absolute Gasteiger partial charge is 0.236 e. The maximum Gasteiger partial charge on any atom is 0.236 e. The molecule has 1 aromatic carbocycles. The molecular formula is C19H29N3O3. The highest BCUT2D eigenvalue weighted by Crippen LogP contribution is 2.31. The van der Waals surface area contributed by atoms with Crippen molar-refractivity contribution in [1.29, 1.82) is 0 Å². The van der Waals surface area contributed by atoms with Gasteiger partial charge in [-0.1, -0.05) is 19.1 Å². The Kier molecular flexibility index (Phi) is 5.49. The topological polar surface area (TPSA) is 68.0 Å². The molecule has 0 spiro atoms. The number of amides is 1. The van der Waals surface area contributed by atoms with Crippen molar-refractivity contribution < 1.29 is 14.3 Å². The summed E-state index contributed by atoms with van der Waals surface area (Å²) >= 11 is 0. The van der Waals surface area contributed by atoms with Gasteiger partial charge in [0.05, 0.1) is 13.1 Å². The first-order valence-electron chi connectivity index (χ1n) is 9.11. The first kappa shape index (κ1) is 18.0. The summed E-state index contributed by atoms with van der Waals surface area (Å²) in [6, 6.07) is 7.65. The van der Waals surface area contributed by atoms with Crippen LogP contribution in [0.25, 0.3) is 0 Å². The van der Waals surface area contributed by atoms with Gasteiger partial charge in [0.15, 0.2) is 17.6 Å². The second kappa shape index (κ2) is 7.62. The van der Waals surface area contributed by atoms with Gasteiger partial charge in [-0.15, -0.1) is 0 Å². The number of carbonyl (C=O) groups is 1. The molecule has 6 heteroatoms. The molecule has 1 saturated heterocycles. The molecule has 2 heterocycles. The lowest BCUT2D eigenvalue weighted by Gasteiger charge is -2.32. The van der Waals surface area contributed by atoms with Gasteiger partial charge in [-0.3, -0.25) is 9.69 Å². The SMILES string of the molecule is CCN(CC1COc2ccccc2O1)C(=O)CN1CCC(C)(CN)C1. The number of nitrogens with two attached hydrogens (primary N) is 1. The average Bonchev–Trinajstić information content (AvgIpc) is 3.01. The van der Waals surface area contributed by atoms with E-state index in [9.17, 15) is 4.79 Å². The lowest BCUT2D eigenvalue weighted by molar-refractivity contribution is -0.133. The molecule has 1 amide bonds. The van der Waals surface area contributed by atoms with E-state index >= 15 is 0 Å². The molecule has 0 saturated carbocycles. The van der Waals surface area contributed by atoms with Crippen molar-refractivity contribution >= 4 is 5.91 Å². The summed E-state index contributed by atoms with van der Waals surface area (Å²) in [6.45, 7) is 8.83. The lowest BCUT2D eigenvalue weighted by atomic mass is 9.90. The minimum Gasteiger partial charge on any atom is -0.486 e. The number of benzene rings is 1. The number of carbonyl (C=O) groups excluding carboxylic acids is 1. The van der Waals surface area contributed by atoms with Crippen LogP contribution in [0.1, 0.15) is 20.3 Å². The van der Waals surface area contributed by atoms with Crippen molar-refractivity contribution in [1.82, 2.24) is 9.80 Å². The van der Waals surface area contributed by atoms with Crippen LogP contribution >= 0.6 is 0 Å². The number of para-hydroxylation sites is 2. The first-order chi connectivity index (χ1) is 12.0. The van der Waals surface area contributed by atoms with Crippen molar-refractivity contribution in [2.24, 2.45) is 11.1 Å². The molecule has 2 aliphatic rings. The number of hydrogen-bond acceptors (Lipinski definition) is 5. The summed E-state index contributed by atoms with van der Waals surface area (Å²) in [7, 11) is 0. The largest absolute Gasteiger partial charge is 0.486 e. The van der Waals surface area contributed by atoms with E-state index in [-0.39, 0.29) is 17.4 Å². The Bertz CT molecular complexity index is 609. The van der Waals surface area contributed by atoms with Gasteiger partial charge in [-0.25, -0.2) is 0 Å². The third-order valence-electron chi connectivity index (χ3n) is 5.21. The molecular weight excluding hydrogens is 318 g/mol. The zero-order chi connectivity index (χ0) is 17.9. The van der Waals surface area contributed by atoms with E-state index < -0.39 is 0 Å². The normalized spacial score (nSPS) is 25.8. The summed E-state index contributed by atoms with van der Waals surface area (Å²) in [4.78, 5) is 16.8. The zero-order valence-corrected chi connectivity index (χ0v) is 15.2. The summed E-state index contributed by atoms with van der Waals surface area (Å²) in [6.07, 6.45) is 0.922. The van der Waals surface area contributed by atoms with Gasteiger partial charge >= 0.3 is 0 Å². The predicted octanol–water partition coefficient (Wildman–Crippen LogP) is 1.35. The predicted molar refractivity (Wildman–Crippen MR) is 96.8 cm³/mol. The van der Waals surface area contributed by atoms with Crippen molar-refractivity contribution in [2.75, 3.05) is 45.9 Å². The number of likely N-dealkylation sites (tertiary alicyclic amines) is 1. The fourth-order valence-electron chi connectivity index (χ4n) is 3.52. The van der Waals surface area contributed by atoms with Crippen LogP contribution in [0, 0.1) is 5.41 Å². The molecule has 25 heavy (non-hydrogen) atoms. The molecule has 6 nitrogen and oxygen atoms in total. The number of ether oxygens (including phenoxy) is 2. The van der Waals surface area contributed by atoms with E-state index in [4.69, 9.17) is 15.2 Å². The lowest BCUT2D eigenvalue weighted by Crippen LogP contribution is -2.47. The summed E-state index contributed by atoms with van der Waals surface area (Å²) < 4.78 is 11.7. The number of rotatable bonds is 6. The minimum atomic E-state index is -0.133. The van der Waals surface area contributed by atoms with E-state index in [0.717, 1.165) is 31.0 Å². The van der Waals surface area contributed by atoms with Crippen LogP contribution in [0.2, 0.25) is 0 Å². The maximum absolute atomic E-state index is 12.7. The van der Waals surface area contributed by atoms with Crippen LogP contribution in [0.15, 0.2) is 24.3 Å². The summed E-state index contributed by atoms with van der Waals surface area (Å²) in [5.41, 5.74) is 6.00. The van der Waals surface area contributed by atoms with Gasteiger partial charge in [0.2, 0.25) is 5.91 Å². The molecule has 2 N–H and O–H groups in total. The number of nitrogens with zero attached hydrogens (tertiary/aromatic N) is 2. The molecule has 138 valence electrons.